The van der Waals surface area contributed by atoms with Gasteiger partial charge in [0.15, 0.2) is 5.13 Å². The topological polar surface area (TPSA) is 102 Å². The van der Waals surface area contributed by atoms with Crippen molar-refractivity contribution in [2.24, 2.45) is 0 Å². The number of nitrogens with zero attached hydrogens (tertiary/aromatic N) is 2. The second-order valence-electron chi connectivity index (χ2n) is 6.00. The van der Waals surface area contributed by atoms with E-state index in [9.17, 15) is 13.2 Å². The molecule has 3 aromatic rings. The summed E-state index contributed by atoms with van der Waals surface area (Å²) in [5.41, 5.74) is 0.622. The van der Waals surface area contributed by atoms with E-state index in [1.165, 1.54) is 34.0 Å². The molecule has 1 aromatic carbocycles. The van der Waals surface area contributed by atoms with Gasteiger partial charge >= 0.3 is 0 Å². The zero-order valence-electron chi connectivity index (χ0n) is 14.7. The zero-order chi connectivity index (χ0) is 19.6. The molecule has 1 amide bonds. The molecule has 0 unspecified atom stereocenters. The van der Waals surface area contributed by atoms with Crippen molar-refractivity contribution in [1.82, 2.24) is 9.29 Å². The van der Waals surface area contributed by atoms with Crippen LogP contribution in [0.1, 0.15) is 5.76 Å². The Labute approximate surface area is 165 Å². The molecular formula is C18H17N3O5S2. The number of aromatic nitrogens is 1. The summed E-state index contributed by atoms with van der Waals surface area (Å²) in [6.45, 7) is 1.46. The van der Waals surface area contributed by atoms with Crippen molar-refractivity contribution in [3.63, 3.8) is 0 Å². The molecule has 0 aliphatic carbocycles. The molecule has 0 radical (unpaired) electrons. The Bertz CT molecular complexity index is 1110. The van der Waals surface area contributed by atoms with Gasteiger partial charge in [-0.1, -0.05) is 11.3 Å². The van der Waals surface area contributed by atoms with Crippen LogP contribution in [0.25, 0.3) is 16.3 Å². The van der Waals surface area contributed by atoms with Gasteiger partial charge in [0.05, 0.1) is 34.6 Å². The molecule has 8 nitrogen and oxygen atoms in total. The van der Waals surface area contributed by atoms with E-state index in [1.807, 2.05) is 0 Å². The highest BCUT2D eigenvalue weighted by atomic mass is 32.2. The lowest BCUT2D eigenvalue weighted by atomic mass is 10.3. The van der Waals surface area contributed by atoms with Crippen molar-refractivity contribution in [2.75, 3.05) is 31.6 Å². The number of benzene rings is 1. The lowest BCUT2D eigenvalue weighted by Gasteiger charge is -2.25. The summed E-state index contributed by atoms with van der Waals surface area (Å²) in [5.74, 6) is 0.217. The molecule has 0 saturated carbocycles. The quantitative estimate of drug-likeness (QED) is 0.638. The molecule has 1 aliphatic rings. The Morgan fingerprint density at radius 3 is 2.82 bits per heavy atom. The van der Waals surface area contributed by atoms with Gasteiger partial charge in [0.1, 0.15) is 5.76 Å². The van der Waals surface area contributed by atoms with E-state index < -0.39 is 10.0 Å². The predicted octanol–water partition coefficient (Wildman–Crippen LogP) is 2.56. The average molecular weight is 419 g/mol. The second kappa shape index (κ2) is 7.84. The number of hydrogen-bond donors (Lipinski definition) is 1. The van der Waals surface area contributed by atoms with Crippen LogP contribution in [0.5, 0.6) is 0 Å². The first kappa shape index (κ1) is 18.8. The monoisotopic (exact) mass is 419 g/mol. The van der Waals surface area contributed by atoms with Gasteiger partial charge in [0.25, 0.3) is 0 Å². The molecule has 1 aliphatic heterocycles. The number of nitrogens with one attached hydrogen (secondary N) is 1. The Morgan fingerprint density at radius 2 is 2.07 bits per heavy atom. The summed E-state index contributed by atoms with van der Waals surface area (Å²) in [4.78, 5) is 16.6. The van der Waals surface area contributed by atoms with Crippen molar-refractivity contribution >= 4 is 48.7 Å². The van der Waals surface area contributed by atoms with Crippen LogP contribution in [-0.2, 0) is 19.6 Å². The maximum Gasteiger partial charge on any atom is 0.250 e. The number of rotatable bonds is 5. The largest absolute Gasteiger partial charge is 0.465 e. The Morgan fingerprint density at radius 1 is 1.25 bits per heavy atom. The summed E-state index contributed by atoms with van der Waals surface area (Å²) in [7, 11) is -3.58. The third-order valence-corrected chi connectivity index (χ3v) is 6.97. The van der Waals surface area contributed by atoms with Crippen molar-refractivity contribution < 1.29 is 22.4 Å². The minimum Gasteiger partial charge on any atom is -0.465 e. The molecule has 1 fully saturated rings. The standard InChI is InChI=1S/C18H17N3O5S2/c22-17(6-3-13-2-1-9-26-13)20-18-19-15-5-4-14(12-16(15)27-18)28(23,24)21-7-10-25-11-8-21/h1-6,9,12H,7-8,10-11H2,(H,19,20,22). The van der Waals surface area contributed by atoms with Crippen LogP contribution in [0.4, 0.5) is 5.13 Å². The minimum absolute atomic E-state index is 0.209. The van der Waals surface area contributed by atoms with Crippen LogP contribution < -0.4 is 5.32 Å². The number of furan rings is 1. The molecule has 4 rings (SSSR count). The summed E-state index contributed by atoms with van der Waals surface area (Å²) in [6.07, 6.45) is 4.42. The molecule has 28 heavy (non-hydrogen) atoms. The molecule has 1 N–H and O–H groups in total. The number of hydrogen-bond acceptors (Lipinski definition) is 7. The van der Waals surface area contributed by atoms with E-state index in [1.54, 1.807) is 30.3 Å². The van der Waals surface area contributed by atoms with Crippen LogP contribution in [0, 0.1) is 0 Å². The first-order valence-electron chi connectivity index (χ1n) is 8.53. The second-order valence-corrected chi connectivity index (χ2v) is 8.97. The zero-order valence-corrected chi connectivity index (χ0v) is 16.3. The molecule has 0 spiro atoms. The number of ether oxygens (including phenoxy) is 1. The first-order chi connectivity index (χ1) is 13.5. The highest BCUT2D eigenvalue weighted by molar-refractivity contribution is 7.89. The smallest absolute Gasteiger partial charge is 0.250 e. The average Bonchev–Trinajstić information content (AvgIpc) is 3.35. The van der Waals surface area contributed by atoms with E-state index in [4.69, 9.17) is 9.15 Å². The van der Waals surface area contributed by atoms with Gasteiger partial charge in [-0.15, -0.1) is 0 Å². The van der Waals surface area contributed by atoms with Crippen LogP contribution in [-0.4, -0.2) is 49.9 Å². The third kappa shape index (κ3) is 3.99. The van der Waals surface area contributed by atoms with Gasteiger partial charge in [-0.3, -0.25) is 10.1 Å². The molecule has 1 saturated heterocycles. The number of sulfonamides is 1. The summed E-state index contributed by atoms with van der Waals surface area (Å²) in [6, 6.07) is 8.24. The number of carbonyl (C=O) groups excluding carboxylic acids is 1. The summed E-state index contributed by atoms with van der Waals surface area (Å²) < 4.78 is 38.0. The highest BCUT2D eigenvalue weighted by Gasteiger charge is 2.26. The van der Waals surface area contributed by atoms with Crippen LogP contribution in [0.3, 0.4) is 0 Å². The first-order valence-corrected chi connectivity index (χ1v) is 10.8. The fourth-order valence-corrected chi connectivity index (χ4v) is 5.16. The number of morpholine rings is 1. The van der Waals surface area contributed by atoms with Crippen molar-refractivity contribution in [2.45, 2.75) is 4.90 Å². The summed E-state index contributed by atoms with van der Waals surface area (Å²) in [5, 5.41) is 3.07. The Kier molecular flexibility index (Phi) is 5.27. The third-order valence-electron chi connectivity index (χ3n) is 4.14. The Hall–Kier alpha value is -2.53. The minimum atomic E-state index is -3.58. The molecule has 146 valence electrons. The summed E-state index contributed by atoms with van der Waals surface area (Å²) >= 11 is 1.22. The van der Waals surface area contributed by atoms with Crippen LogP contribution >= 0.6 is 11.3 Å². The van der Waals surface area contributed by atoms with Gasteiger partial charge in [0.2, 0.25) is 15.9 Å². The van der Waals surface area contributed by atoms with E-state index in [-0.39, 0.29) is 10.8 Å². The van der Waals surface area contributed by atoms with Crippen molar-refractivity contribution in [3.8, 4) is 0 Å². The van der Waals surface area contributed by atoms with Gasteiger partial charge in [0, 0.05) is 19.2 Å². The fraction of sp³-hybridized carbons (Fsp3) is 0.222. The number of fused-ring (bicyclic) bond motifs is 1. The number of carbonyl (C=O) groups is 1. The highest BCUT2D eigenvalue weighted by Crippen LogP contribution is 2.29. The lowest BCUT2D eigenvalue weighted by Crippen LogP contribution is -2.40. The van der Waals surface area contributed by atoms with Gasteiger partial charge in [-0.05, 0) is 36.4 Å². The van der Waals surface area contributed by atoms with E-state index in [2.05, 4.69) is 10.3 Å². The van der Waals surface area contributed by atoms with Gasteiger partial charge in [-0.2, -0.15) is 4.31 Å². The Balaban J connectivity index is 1.52. The van der Waals surface area contributed by atoms with Crippen LogP contribution in [0.2, 0.25) is 0 Å². The lowest BCUT2D eigenvalue weighted by molar-refractivity contribution is -0.111. The van der Waals surface area contributed by atoms with Crippen LogP contribution in [0.15, 0.2) is 52.0 Å². The normalized spacial score (nSPS) is 16.0. The maximum atomic E-state index is 12.8. The fourth-order valence-electron chi connectivity index (χ4n) is 2.75. The molecule has 0 bridgehead atoms. The van der Waals surface area contributed by atoms with E-state index in [0.717, 1.165) is 0 Å². The van der Waals surface area contributed by atoms with E-state index in [0.29, 0.717) is 47.4 Å². The van der Waals surface area contributed by atoms with Gasteiger partial charge < -0.3 is 9.15 Å². The van der Waals surface area contributed by atoms with Crippen molar-refractivity contribution in [3.05, 3.63) is 48.4 Å². The number of amides is 1. The van der Waals surface area contributed by atoms with Gasteiger partial charge in [-0.25, -0.2) is 13.4 Å². The predicted molar refractivity (Wildman–Crippen MR) is 106 cm³/mol. The molecular weight excluding hydrogens is 402 g/mol. The maximum absolute atomic E-state index is 12.8. The SMILES string of the molecule is O=C(C=Cc1ccco1)Nc1nc2ccc(S(=O)(=O)N3CCOCC3)cc2s1. The molecule has 10 heteroatoms. The number of anilines is 1. The molecule has 2 aromatic heterocycles. The molecule has 0 atom stereocenters. The molecule has 3 heterocycles. The number of thiazole rings is 1. The van der Waals surface area contributed by atoms with Crippen molar-refractivity contribution in [1.29, 1.82) is 0 Å². The van der Waals surface area contributed by atoms with E-state index >= 15 is 0 Å².